The predicted octanol–water partition coefficient (Wildman–Crippen LogP) is 9.23. The fourth-order valence-electron chi connectivity index (χ4n) is 6.79. The number of hydrogen-bond acceptors (Lipinski definition) is 16. The summed E-state index contributed by atoms with van der Waals surface area (Å²) in [5.41, 5.74) is 0.966. The van der Waals surface area contributed by atoms with Crippen LogP contribution >= 0.6 is 18.9 Å². The molecular formula is C50H51F2N6O12PS2. The molecule has 6 rings (SSSR count). The molecule has 73 heavy (non-hydrogen) atoms. The van der Waals surface area contributed by atoms with Crippen molar-refractivity contribution in [3.05, 3.63) is 143 Å². The number of methoxy groups -OCH3 is 2. The molecule has 18 nitrogen and oxygen atoms in total. The lowest BCUT2D eigenvalue weighted by Crippen LogP contribution is -2.34. The quantitative estimate of drug-likeness (QED) is 0.0322. The van der Waals surface area contributed by atoms with Crippen molar-refractivity contribution in [2.75, 3.05) is 59.8 Å². The Kier molecular flexibility index (Phi) is 20.2. The van der Waals surface area contributed by atoms with Gasteiger partial charge in [0.1, 0.15) is 76.2 Å². The van der Waals surface area contributed by atoms with E-state index in [4.69, 9.17) is 43.3 Å². The molecule has 0 saturated heterocycles. The van der Waals surface area contributed by atoms with E-state index in [9.17, 15) is 31.4 Å². The van der Waals surface area contributed by atoms with Gasteiger partial charge < -0.3 is 48.3 Å². The predicted molar refractivity (Wildman–Crippen MR) is 266 cm³/mol. The molecule has 1 heterocycles. The molecule has 3 N–H and O–H groups in total. The summed E-state index contributed by atoms with van der Waals surface area (Å²) in [5.74, 6) is -0.865. The third-order valence-electron chi connectivity index (χ3n) is 10.6. The van der Waals surface area contributed by atoms with Gasteiger partial charge in [-0.2, -0.15) is 15.2 Å². The van der Waals surface area contributed by atoms with Crippen molar-refractivity contribution < 1.29 is 64.1 Å². The number of amides is 2. The summed E-state index contributed by atoms with van der Waals surface area (Å²) in [5, 5.41) is 24.3. The SMILES string of the molecule is COc1ccc(COC(=O)NCCCN(CCCNC(=O)OCc2ccc(OC)cc2)CCCOc2ccc3sc(S(=O)(=O)NCP(=O)(Oc4ccc(C#N)c(F)c4)Oc4ccc(C#N)c(F)c4)cc3c2)cc1. The van der Waals surface area contributed by atoms with Crippen LogP contribution in [0.25, 0.3) is 10.1 Å². The number of hydrogen-bond donors (Lipinski definition) is 3. The Hall–Kier alpha value is -7.46. The van der Waals surface area contributed by atoms with E-state index in [1.165, 1.54) is 6.07 Å². The number of carbonyl (C=O) groups is 2. The van der Waals surface area contributed by atoms with Gasteiger partial charge in [0.05, 0.1) is 32.0 Å². The number of ether oxygens (including phenoxy) is 5. The topological polar surface area (TPSA) is 237 Å². The molecular weight excluding hydrogens is 1010 g/mol. The van der Waals surface area contributed by atoms with Crippen LogP contribution in [0.3, 0.4) is 0 Å². The van der Waals surface area contributed by atoms with Crippen molar-refractivity contribution >= 4 is 51.2 Å². The van der Waals surface area contributed by atoms with E-state index in [0.717, 1.165) is 58.9 Å². The zero-order valence-electron chi connectivity index (χ0n) is 39.6. The van der Waals surface area contributed by atoms with Crippen LogP contribution < -0.4 is 38.6 Å². The Morgan fingerprint density at radius 3 is 1.62 bits per heavy atom. The van der Waals surface area contributed by atoms with Crippen molar-refractivity contribution in [3.8, 4) is 40.9 Å². The number of nitrogens with one attached hydrogen (secondary N) is 3. The average Bonchev–Trinajstić information content (AvgIpc) is 3.83. The van der Waals surface area contributed by atoms with Crippen molar-refractivity contribution in [2.45, 2.75) is 36.7 Å². The van der Waals surface area contributed by atoms with E-state index < -0.39 is 47.7 Å². The van der Waals surface area contributed by atoms with Gasteiger partial charge in [-0.05, 0) is 122 Å². The maximum atomic E-state index is 14.4. The van der Waals surface area contributed by atoms with Gasteiger partial charge in [-0.25, -0.2) is 31.4 Å². The second-order valence-electron chi connectivity index (χ2n) is 15.8. The van der Waals surface area contributed by atoms with Crippen LogP contribution in [-0.4, -0.2) is 85.3 Å². The highest BCUT2D eigenvalue weighted by Crippen LogP contribution is 2.48. The van der Waals surface area contributed by atoms with Crippen LogP contribution in [0.2, 0.25) is 0 Å². The van der Waals surface area contributed by atoms with Crippen molar-refractivity contribution in [1.82, 2.24) is 20.3 Å². The molecule has 6 aromatic rings. The number of thiophene rings is 1. The van der Waals surface area contributed by atoms with Gasteiger partial charge in [0.25, 0.3) is 10.0 Å². The largest absolute Gasteiger partial charge is 0.497 e. The molecule has 0 atom stereocenters. The monoisotopic (exact) mass is 1060 g/mol. The smallest absolute Gasteiger partial charge is 0.445 e. The molecule has 0 fully saturated rings. The first-order chi connectivity index (χ1) is 35.2. The Labute approximate surface area is 424 Å². The lowest BCUT2D eigenvalue weighted by atomic mass is 10.2. The molecule has 0 unspecified atom stereocenters. The minimum absolute atomic E-state index is 0.103. The van der Waals surface area contributed by atoms with Crippen molar-refractivity contribution in [3.63, 3.8) is 0 Å². The highest BCUT2D eigenvalue weighted by Gasteiger charge is 2.32. The van der Waals surface area contributed by atoms with Gasteiger partial charge in [-0.3, -0.25) is 0 Å². The number of carbonyl (C=O) groups excluding carboxylic acids is 2. The number of nitriles is 2. The van der Waals surface area contributed by atoms with Gasteiger partial charge in [0, 0.05) is 36.5 Å². The van der Waals surface area contributed by atoms with Gasteiger partial charge >= 0.3 is 19.8 Å². The van der Waals surface area contributed by atoms with E-state index in [0.29, 0.717) is 85.9 Å². The first-order valence-electron chi connectivity index (χ1n) is 22.5. The summed E-state index contributed by atoms with van der Waals surface area (Å²) in [6.45, 7) is 3.06. The van der Waals surface area contributed by atoms with E-state index in [2.05, 4.69) is 20.3 Å². The number of alkyl carbamates (subject to hydrolysis) is 2. The molecule has 0 bridgehead atoms. The Morgan fingerprint density at radius 1 is 0.658 bits per heavy atom. The number of rotatable bonds is 27. The summed E-state index contributed by atoms with van der Waals surface area (Å²) in [4.78, 5) is 27.0. The maximum absolute atomic E-state index is 14.4. The normalized spacial score (nSPS) is 11.3. The Morgan fingerprint density at radius 2 is 1.14 bits per heavy atom. The van der Waals surface area contributed by atoms with E-state index >= 15 is 0 Å². The summed E-state index contributed by atoms with van der Waals surface area (Å²) in [6, 6.07) is 30.1. The molecule has 5 aromatic carbocycles. The second kappa shape index (κ2) is 26.8. The summed E-state index contributed by atoms with van der Waals surface area (Å²) in [7, 11) is -5.90. The van der Waals surface area contributed by atoms with Crippen LogP contribution in [0.5, 0.6) is 28.7 Å². The highest BCUT2D eigenvalue weighted by molar-refractivity contribution is 7.92. The first kappa shape index (κ1) is 54.9. The third kappa shape index (κ3) is 17.1. The summed E-state index contributed by atoms with van der Waals surface area (Å²) >= 11 is 0.923. The number of benzene rings is 5. The number of nitrogens with zero attached hydrogens (tertiary/aromatic N) is 3. The Bertz CT molecular complexity index is 2940. The van der Waals surface area contributed by atoms with Crippen LogP contribution in [-0.2, 0) is 37.3 Å². The lowest BCUT2D eigenvalue weighted by Gasteiger charge is -2.22. The zero-order chi connectivity index (χ0) is 52.2. The summed E-state index contributed by atoms with van der Waals surface area (Å²) in [6.07, 6.45) is -0.268. The third-order valence-corrected chi connectivity index (χ3v) is 15.3. The van der Waals surface area contributed by atoms with Crippen molar-refractivity contribution in [1.29, 1.82) is 10.5 Å². The molecule has 1 aromatic heterocycles. The van der Waals surface area contributed by atoms with Crippen molar-refractivity contribution in [2.24, 2.45) is 0 Å². The average molecular weight is 1060 g/mol. The van der Waals surface area contributed by atoms with Gasteiger partial charge in [0.15, 0.2) is 0 Å². The summed E-state index contributed by atoms with van der Waals surface area (Å²) < 4.78 is 111. The fourth-order valence-corrected chi connectivity index (χ4v) is 11.2. The number of fused-ring (bicyclic) bond motifs is 1. The minimum Gasteiger partial charge on any atom is -0.497 e. The Balaban J connectivity index is 1.02. The van der Waals surface area contributed by atoms with E-state index in [1.54, 1.807) is 68.8 Å². The fraction of sp³-hybridized carbons (Fsp3) is 0.280. The maximum Gasteiger partial charge on any atom is 0.445 e. The van der Waals surface area contributed by atoms with E-state index in [-0.39, 0.29) is 40.0 Å². The lowest BCUT2D eigenvalue weighted by molar-refractivity contribution is 0.139. The molecule has 0 aliphatic heterocycles. The molecule has 23 heteroatoms. The number of halogens is 2. The molecule has 0 spiro atoms. The van der Waals surface area contributed by atoms with Gasteiger partial charge in [0.2, 0.25) is 0 Å². The second-order valence-corrected chi connectivity index (χ2v) is 20.8. The van der Waals surface area contributed by atoms with Gasteiger partial charge in [-0.1, -0.05) is 24.3 Å². The first-order valence-corrected chi connectivity index (χ1v) is 26.5. The van der Waals surface area contributed by atoms with E-state index in [1.807, 2.05) is 24.3 Å². The van der Waals surface area contributed by atoms with Crippen LogP contribution in [0.1, 0.15) is 41.5 Å². The molecule has 0 aliphatic rings. The zero-order valence-corrected chi connectivity index (χ0v) is 42.2. The molecule has 0 saturated carbocycles. The highest BCUT2D eigenvalue weighted by atomic mass is 32.2. The van der Waals surface area contributed by atoms with Crippen LogP contribution in [0.4, 0.5) is 18.4 Å². The van der Waals surface area contributed by atoms with Crippen LogP contribution in [0, 0.1) is 34.3 Å². The molecule has 2 amide bonds. The standard InChI is InChI=1S/C50H51F2N6O12PS2/c1-64-40-12-6-35(7-13-40)32-67-49(59)55-20-3-22-58(23-4-21-56-50(60)68-33-36-8-14-41(65-2)15-9-36)24-5-25-66-42-18-19-47-39(26-42)27-48(72-47)73(62,63)57-34-71(61,69-43-16-10-37(30-53)45(51)28-43)70-44-17-11-38(31-54)46(52)29-44/h6-19,26-29,57H,3-5,20-25,32-34H2,1-2H3,(H,55,59)(H,56,60). The number of sulfonamides is 1. The minimum atomic E-state index is -4.64. The molecule has 384 valence electrons. The van der Waals surface area contributed by atoms with Crippen LogP contribution in [0.15, 0.2) is 113 Å². The molecule has 0 aliphatic carbocycles. The van der Waals surface area contributed by atoms with Gasteiger partial charge in [-0.15, -0.1) is 11.3 Å². The molecule has 0 radical (unpaired) electrons.